The lowest BCUT2D eigenvalue weighted by molar-refractivity contribution is 0.523. The van der Waals surface area contributed by atoms with Crippen molar-refractivity contribution < 1.29 is 4.43 Å². The van der Waals surface area contributed by atoms with E-state index in [9.17, 15) is 0 Å². The predicted octanol–water partition coefficient (Wildman–Crippen LogP) is 5.57. The van der Waals surface area contributed by atoms with E-state index in [1.807, 2.05) is 0 Å². The fourth-order valence-corrected chi connectivity index (χ4v) is 3.86. The number of aryl methyl sites for hydroxylation is 1. The van der Waals surface area contributed by atoms with Gasteiger partial charge in [-0.25, -0.2) is 0 Å². The van der Waals surface area contributed by atoms with Crippen molar-refractivity contribution in [2.75, 3.05) is 0 Å². The van der Waals surface area contributed by atoms with Gasteiger partial charge in [0.05, 0.1) is 0 Å². The molecule has 0 atom stereocenters. The molecule has 3 heteroatoms. The quantitative estimate of drug-likeness (QED) is 0.643. The van der Waals surface area contributed by atoms with Crippen molar-refractivity contribution in [3.8, 4) is 5.75 Å². The topological polar surface area (TPSA) is 9.23 Å². The summed E-state index contributed by atoms with van der Waals surface area (Å²) in [6.45, 7) is 13.4. The first kappa shape index (κ1) is 15.6. The fraction of sp³-hybridized carbons (Fsp3) is 0.412. The molecule has 2 aromatic rings. The maximum absolute atomic E-state index is 6.33. The molecule has 0 aliphatic heterocycles. The molecule has 0 unspecified atom stereocenters. The Hall–Kier alpha value is -0.803. The molecular formula is C17H23BrOSi. The van der Waals surface area contributed by atoms with Gasteiger partial charge in [0.25, 0.3) is 0 Å². The first-order chi connectivity index (χ1) is 9.20. The summed E-state index contributed by atoms with van der Waals surface area (Å²) >= 11 is 3.56. The molecular weight excluding hydrogens is 328 g/mol. The first-order valence-electron chi connectivity index (χ1n) is 7.10. The number of rotatable bonds is 2. The zero-order valence-corrected chi connectivity index (χ0v) is 15.9. The van der Waals surface area contributed by atoms with Gasteiger partial charge < -0.3 is 4.43 Å². The average molecular weight is 351 g/mol. The van der Waals surface area contributed by atoms with Crippen LogP contribution in [0.3, 0.4) is 0 Å². The standard InChI is InChI=1S/C17H23BrOSi/c1-11-9-12-10-13(18)7-8-14(12)16(19-20(5)6)15(11)17(2,3)4/h7-10,20H,1-6H3. The Labute approximate surface area is 132 Å². The highest BCUT2D eigenvalue weighted by atomic mass is 79.9. The van der Waals surface area contributed by atoms with E-state index < -0.39 is 9.04 Å². The van der Waals surface area contributed by atoms with Gasteiger partial charge in [-0.05, 0) is 54.6 Å². The molecule has 20 heavy (non-hydrogen) atoms. The van der Waals surface area contributed by atoms with Gasteiger partial charge in [-0.15, -0.1) is 0 Å². The Morgan fingerprint density at radius 3 is 2.30 bits per heavy atom. The van der Waals surface area contributed by atoms with Gasteiger partial charge in [0.1, 0.15) is 5.75 Å². The summed E-state index contributed by atoms with van der Waals surface area (Å²) in [7, 11) is -1.15. The minimum absolute atomic E-state index is 0.0873. The average Bonchev–Trinajstić information content (AvgIpc) is 2.25. The summed E-state index contributed by atoms with van der Waals surface area (Å²) in [6.07, 6.45) is 0. The molecule has 0 bridgehead atoms. The molecule has 0 heterocycles. The Morgan fingerprint density at radius 1 is 1.10 bits per heavy atom. The van der Waals surface area contributed by atoms with Crippen LogP contribution in [-0.4, -0.2) is 9.04 Å². The van der Waals surface area contributed by atoms with Gasteiger partial charge in [0.2, 0.25) is 9.04 Å². The Morgan fingerprint density at radius 2 is 1.75 bits per heavy atom. The Kier molecular flexibility index (Phi) is 4.31. The van der Waals surface area contributed by atoms with Crippen molar-refractivity contribution in [2.45, 2.75) is 46.2 Å². The highest BCUT2D eigenvalue weighted by Crippen LogP contribution is 2.40. The van der Waals surface area contributed by atoms with Crippen LogP contribution >= 0.6 is 15.9 Å². The first-order valence-corrected chi connectivity index (χ1v) is 10.7. The molecule has 0 saturated heterocycles. The number of hydrogen-bond acceptors (Lipinski definition) is 1. The summed E-state index contributed by atoms with van der Waals surface area (Å²) in [5.74, 6) is 1.10. The Bertz CT molecular complexity index is 641. The summed E-state index contributed by atoms with van der Waals surface area (Å²) in [6, 6.07) is 8.71. The van der Waals surface area contributed by atoms with Crippen molar-refractivity contribution in [1.82, 2.24) is 0 Å². The van der Waals surface area contributed by atoms with Crippen LogP contribution in [0.2, 0.25) is 13.1 Å². The summed E-state index contributed by atoms with van der Waals surface area (Å²) < 4.78 is 7.44. The van der Waals surface area contributed by atoms with Crippen molar-refractivity contribution in [3.63, 3.8) is 0 Å². The fourth-order valence-electron chi connectivity index (χ4n) is 2.77. The normalized spacial score (nSPS) is 12.2. The minimum Gasteiger partial charge on any atom is -0.546 e. The summed E-state index contributed by atoms with van der Waals surface area (Å²) in [4.78, 5) is 0. The van der Waals surface area contributed by atoms with Gasteiger partial charge in [-0.3, -0.25) is 0 Å². The number of hydrogen-bond donors (Lipinski definition) is 0. The molecule has 0 aromatic heterocycles. The lowest BCUT2D eigenvalue weighted by atomic mass is 9.82. The van der Waals surface area contributed by atoms with E-state index in [0.29, 0.717) is 0 Å². The van der Waals surface area contributed by atoms with E-state index in [1.54, 1.807) is 0 Å². The van der Waals surface area contributed by atoms with Gasteiger partial charge in [-0.2, -0.15) is 0 Å². The van der Waals surface area contributed by atoms with Gasteiger partial charge in [0, 0.05) is 15.4 Å². The molecule has 0 amide bonds. The molecule has 1 nitrogen and oxygen atoms in total. The van der Waals surface area contributed by atoms with Crippen LogP contribution in [0.4, 0.5) is 0 Å². The third-order valence-corrected chi connectivity index (χ3v) is 4.56. The third kappa shape index (κ3) is 3.09. The van der Waals surface area contributed by atoms with Crippen LogP contribution in [0.25, 0.3) is 10.8 Å². The maximum atomic E-state index is 6.33. The molecule has 0 radical (unpaired) electrons. The molecule has 0 N–H and O–H groups in total. The maximum Gasteiger partial charge on any atom is 0.229 e. The molecule has 0 saturated carbocycles. The van der Waals surface area contributed by atoms with Crippen molar-refractivity contribution in [3.05, 3.63) is 39.9 Å². The van der Waals surface area contributed by atoms with Crippen molar-refractivity contribution in [2.24, 2.45) is 0 Å². The van der Waals surface area contributed by atoms with Gasteiger partial charge in [0.15, 0.2) is 0 Å². The van der Waals surface area contributed by atoms with Crippen molar-refractivity contribution in [1.29, 1.82) is 0 Å². The number of fused-ring (bicyclic) bond motifs is 1. The largest absolute Gasteiger partial charge is 0.546 e. The third-order valence-electron chi connectivity index (χ3n) is 3.36. The van der Waals surface area contributed by atoms with Crippen LogP contribution in [0.15, 0.2) is 28.7 Å². The second-order valence-electron chi connectivity index (χ2n) is 6.68. The lowest BCUT2D eigenvalue weighted by Gasteiger charge is -2.28. The molecule has 2 rings (SSSR count). The molecule has 0 spiro atoms. The van der Waals surface area contributed by atoms with Crippen molar-refractivity contribution >= 4 is 35.7 Å². The lowest BCUT2D eigenvalue weighted by Crippen LogP contribution is -2.19. The van der Waals surface area contributed by atoms with E-state index in [2.05, 4.69) is 81.0 Å². The van der Waals surface area contributed by atoms with Gasteiger partial charge in [-0.1, -0.05) is 42.8 Å². The highest BCUT2D eigenvalue weighted by molar-refractivity contribution is 9.10. The Balaban J connectivity index is 2.84. The zero-order valence-electron chi connectivity index (χ0n) is 13.2. The van der Waals surface area contributed by atoms with E-state index in [0.717, 1.165) is 10.2 Å². The summed E-state index contributed by atoms with van der Waals surface area (Å²) in [5, 5.41) is 2.47. The molecule has 2 aromatic carbocycles. The number of halogens is 1. The molecule has 0 aliphatic rings. The molecule has 0 aliphatic carbocycles. The van der Waals surface area contributed by atoms with Crippen LogP contribution in [0, 0.1) is 6.92 Å². The van der Waals surface area contributed by atoms with Crippen LogP contribution in [0.1, 0.15) is 31.9 Å². The van der Waals surface area contributed by atoms with Gasteiger partial charge >= 0.3 is 0 Å². The highest BCUT2D eigenvalue weighted by Gasteiger charge is 2.24. The summed E-state index contributed by atoms with van der Waals surface area (Å²) in [5.41, 5.74) is 2.74. The van der Waals surface area contributed by atoms with Crippen LogP contribution in [-0.2, 0) is 5.41 Å². The van der Waals surface area contributed by atoms with Crippen LogP contribution in [0.5, 0.6) is 5.75 Å². The van der Waals surface area contributed by atoms with E-state index >= 15 is 0 Å². The second-order valence-corrected chi connectivity index (χ2v) is 9.93. The zero-order chi connectivity index (χ0) is 15.1. The van der Waals surface area contributed by atoms with E-state index in [1.165, 1.54) is 21.9 Å². The molecule has 108 valence electrons. The van der Waals surface area contributed by atoms with Crippen LogP contribution < -0.4 is 4.43 Å². The predicted molar refractivity (Wildman–Crippen MR) is 94.6 cm³/mol. The SMILES string of the molecule is Cc1cc2cc(Br)ccc2c(O[SiH](C)C)c1C(C)(C)C. The van der Waals surface area contributed by atoms with E-state index in [-0.39, 0.29) is 5.41 Å². The second kappa shape index (κ2) is 5.53. The molecule has 0 fully saturated rings. The smallest absolute Gasteiger partial charge is 0.229 e. The minimum atomic E-state index is -1.15. The van der Waals surface area contributed by atoms with E-state index in [4.69, 9.17) is 4.43 Å². The number of benzene rings is 2. The monoisotopic (exact) mass is 350 g/mol.